The topological polar surface area (TPSA) is 63.4 Å². The second kappa shape index (κ2) is 3.82. The summed E-state index contributed by atoms with van der Waals surface area (Å²) in [6.07, 6.45) is 0.599. The van der Waals surface area contributed by atoms with Gasteiger partial charge in [-0.25, -0.2) is 0 Å². The van der Waals surface area contributed by atoms with E-state index in [9.17, 15) is 15.2 Å². The first kappa shape index (κ1) is 9.41. The first-order valence-corrected chi connectivity index (χ1v) is 3.70. The smallest absolute Gasteiger partial charge is 0.269 e. The quantitative estimate of drug-likeness (QED) is 0.437. The third-order valence-electron chi connectivity index (χ3n) is 1.67. The molecule has 0 saturated heterocycles. The van der Waals surface area contributed by atoms with Crippen molar-refractivity contribution in [3.8, 4) is 0 Å². The first-order chi connectivity index (χ1) is 6.15. The van der Waals surface area contributed by atoms with Gasteiger partial charge in [-0.1, -0.05) is 6.08 Å². The molecule has 0 aromatic heterocycles. The highest BCUT2D eigenvalue weighted by Gasteiger charge is 2.06. The molecule has 1 N–H and O–H groups in total. The van der Waals surface area contributed by atoms with Gasteiger partial charge in [0.05, 0.1) is 11.0 Å². The maximum atomic E-state index is 10.3. The standard InChI is InChI=1S/C9H9NO3/c1-2-9(11)7-3-5-8(6-4-7)10(12)13/h2-6,9,11H,1H2. The molecule has 0 aliphatic heterocycles. The van der Waals surface area contributed by atoms with E-state index >= 15 is 0 Å². The number of benzene rings is 1. The molecule has 13 heavy (non-hydrogen) atoms. The highest BCUT2D eigenvalue weighted by molar-refractivity contribution is 5.34. The van der Waals surface area contributed by atoms with Gasteiger partial charge in [0.2, 0.25) is 0 Å². The fourth-order valence-corrected chi connectivity index (χ4v) is 0.929. The Bertz CT molecular complexity index is 318. The van der Waals surface area contributed by atoms with Gasteiger partial charge in [0, 0.05) is 12.1 Å². The van der Waals surface area contributed by atoms with E-state index in [1.165, 1.54) is 30.3 Å². The number of nitrogens with zero attached hydrogens (tertiary/aromatic N) is 1. The molecule has 1 unspecified atom stereocenters. The predicted octanol–water partition coefficient (Wildman–Crippen LogP) is 1.81. The molecular formula is C9H9NO3. The monoisotopic (exact) mass is 179 g/mol. The van der Waals surface area contributed by atoms with E-state index in [0.717, 1.165) is 0 Å². The molecule has 4 heteroatoms. The van der Waals surface area contributed by atoms with Crippen LogP contribution in [0.3, 0.4) is 0 Å². The van der Waals surface area contributed by atoms with E-state index in [-0.39, 0.29) is 5.69 Å². The third kappa shape index (κ3) is 2.13. The lowest BCUT2D eigenvalue weighted by atomic mass is 10.1. The molecule has 0 fully saturated rings. The zero-order valence-electron chi connectivity index (χ0n) is 6.88. The van der Waals surface area contributed by atoms with E-state index in [1.54, 1.807) is 0 Å². The molecule has 0 heterocycles. The van der Waals surface area contributed by atoms with Gasteiger partial charge >= 0.3 is 0 Å². The summed E-state index contributed by atoms with van der Waals surface area (Å²) < 4.78 is 0. The van der Waals surface area contributed by atoms with Crippen LogP contribution in [0.2, 0.25) is 0 Å². The Labute approximate surface area is 75.3 Å². The van der Waals surface area contributed by atoms with Crippen molar-refractivity contribution in [2.75, 3.05) is 0 Å². The summed E-state index contributed by atoms with van der Waals surface area (Å²) in [5.74, 6) is 0. The highest BCUT2D eigenvalue weighted by Crippen LogP contribution is 2.17. The molecule has 1 aromatic carbocycles. The second-order valence-electron chi connectivity index (χ2n) is 2.53. The average molecular weight is 179 g/mol. The highest BCUT2D eigenvalue weighted by atomic mass is 16.6. The number of nitro benzene ring substituents is 1. The van der Waals surface area contributed by atoms with Crippen LogP contribution in [0.15, 0.2) is 36.9 Å². The van der Waals surface area contributed by atoms with Crippen LogP contribution in [0.4, 0.5) is 5.69 Å². The summed E-state index contributed by atoms with van der Waals surface area (Å²) in [6, 6.07) is 5.71. The molecule has 0 aliphatic carbocycles. The lowest BCUT2D eigenvalue weighted by Gasteiger charge is -2.03. The number of aliphatic hydroxyl groups is 1. The van der Waals surface area contributed by atoms with Gasteiger partial charge in [-0.3, -0.25) is 10.1 Å². The van der Waals surface area contributed by atoms with E-state index in [1.807, 2.05) is 0 Å². The molecule has 1 rings (SSSR count). The number of hydrogen-bond acceptors (Lipinski definition) is 3. The van der Waals surface area contributed by atoms with Crippen LogP contribution < -0.4 is 0 Å². The molecule has 1 aromatic rings. The average Bonchev–Trinajstić information content (AvgIpc) is 2.17. The van der Waals surface area contributed by atoms with Crippen molar-refractivity contribution >= 4 is 5.69 Å². The molecule has 0 bridgehead atoms. The predicted molar refractivity (Wildman–Crippen MR) is 48.3 cm³/mol. The van der Waals surface area contributed by atoms with E-state index in [0.29, 0.717) is 5.56 Å². The summed E-state index contributed by atoms with van der Waals surface area (Å²) in [5.41, 5.74) is 0.612. The number of aliphatic hydroxyl groups excluding tert-OH is 1. The van der Waals surface area contributed by atoms with Crippen LogP contribution in [-0.4, -0.2) is 10.0 Å². The largest absolute Gasteiger partial charge is 0.384 e. The second-order valence-corrected chi connectivity index (χ2v) is 2.53. The van der Waals surface area contributed by atoms with Crippen molar-refractivity contribution in [3.63, 3.8) is 0 Å². The zero-order chi connectivity index (χ0) is 9.84. The minimum absolute atomic E-state index is 0.0139. The van der Waals surface area contributed by atoms with Crippen LogP contribution in [0.25, 0.3) is 0 Å². The molecular weight excluding hydrogens is 170 g/mol. The lowest BCUT2D eigenvalue weighted by Crippen LogP contribution is -1.93. The van der Waals surface area contributed by atoms with Gasteiger partial charge < -0.3 is 5.11 Å². The fraction of sp³-hybridized carbons (Fsp3) is 0.111. The lowest BCUT2D eigenvalue weighted by molar-refractivity contribution is -0.384. The number of nitro groups is 1. The fourth-order valence-electron chi connectivity index (χ4n) is 0.929. The zero-order valence-corrected chi connectivity index (χ0v) is 6.88. The molecule has 68 valence electrons. The van der Waals surface area contributed by atoms with Gasteiger partial charge in [0.15, 0.2) is 0 Å². The number of non-ortho nitro benzene ring substituents is 1. The summed E-state index contributed by atoms with van der Waals surface area (Å²) in [5, 5.41) is 19.5. The maximum absolute atomic E-state index is 10.3. The van der Waals surface area contributed by atoms with Crippen LogP contribution >= 0.6 is 0 Å². The van der Waals surface area contributed by atoms with Gasteiger partial charge in [-0.15, -0.1) is 6.58 Å². The molecule has 0 aliphatic rings. The van der Waals surface area contributed by atoms with E-state index in [4.69, 9.17) is 0 Å². The summed E-state index contributed by atoms with van der Waals surface area (Å²) >= 11 is 0. The Morgan fingerprint density at radius 3 is 2.38 bits per heavy atom. The summed E-state index contributed by atoms with van der Waals surface area (Å²) in [7, 11) is 0. The maximum Gasteiger partial charge on any atom is 0.269 e. The van der Waals surface area contributed by atoms with Crippen molar-refractivity contribution in [2.24, 2.45) is 0 Å². The molecule has 0 radical (unpaired) electrons. The molecule has 0 spiro atoms. The molecule has 1 atom stereocenters. The first-order valence-electron chi connectivity index (χ1n) is 3.70. The molecule has 0 saturated carbocycles. The van der Waals surface area contributed by atoms with Crippen molar-refractivity contribution in [1.82, 2.24) is 0 Å². The van der Waals surface area contributed by atoms with Crippen molar-refractivity contribution in [1.29, 1.82) is 0 Å². The van der Waals surface area contributed by atoms with Crippen LogP contribution in [0, 0.1) is 10.1 Å². The van der Waals surface area contributed by atoms with E-state index < -0.39 is 11.0 Å². The molecule has 4 nitrogen and oxygen atoms in total. The van der Waals surface area contributed by atoms with Gasteiger partial charge in [0.25, 0.3) is 5.69 Å². The van der Waals surface area contributed by atoms with Gasteiger partial charge in [-0.2, -0.15) is 0 Å². The van der Waals surface area contributed by atoms with Crippen LogP contribution in [0.5, 0.6) is 0 Å². The Morgan fingerprint density at radius 2 is 2.00 bits per heavy atom. The minimum atomic E-state index is -0.763. The van der Waals surface area contributed by atoms with Crippen LogP contribution in [-0.2, 0) is 0 Å². The van der Waals surface area contributed by atoms with E-state index in [2.05, 4.69) is 6.58 Å². The normalized spacial score (nSPS) is 12.1. The number of hydrogen-bond donors (Lipinski definition) is 1. The minimum Gasteiger partial charge on any atom is -0.384 e. The van der Waals surface area contributed by atoms with Crippen molar-refractivity contribution < 1.29 is 10.0 Å². The molecule has 0 amide bonds. The van der Waals surface area contributed by atoms with Crippen molar-refractivity contribution in [2.45, 2.75) is 6.10 Å². The van der Waals surface area contributed by atoms with Crippen molar-refractivity contribution in [3.05, 3.63) is 52.6 Å². The van der Waals surface area contributed by atoms with Crippen LogP contribution in [0.1, 0.15) is 11.7 Å². The summed E-state index contributed by atoms with van der Waals surface area (Å²) in [4.78, 5) is 9.79. The van der Waals surface area contributed by atoms with Gasteiger partial charge in [-0.05, 0) is 17.7 Å². The Kier molecular flexibility index (Phi) is 2.76. The SMILES string of the molecule is C=CC(O)c1ccc([N+](=O)[O-])cc1. The van der Waals surface area contributed by atoms with Gasteiger partial charge in [0.1, 0.15) is 0 Å². The third-order valence-corrected chi connectivity index (χ3v) is 1.67. The Balaban J connectivity index is 2.93. The Hall–Kier alpha value is -1.68. The number of rotatable bonds is 3. The summed E-state index contributed by atoms with van der Waals surface area (Å²) in [6.45, 7) is 3.41. The Morgan fingerprint density at radius 1 is 1.46 bits per heavy atom.